The fourth-order valence-electron chi connectivity index (χ4n) is 3.42. The van der Waals surface area contributed by atoms with Gasteiger partial charge in [-0.1, -0.05) is 30.3 Å². The maximum Gasteiger partial charge on any atom is 0.233 e. The molecule has 0 saturated carbocycles. The maximum atomic E-state index is 13.0. The number of fused-ring (bicyclic) bond motifs is 2. The average molecular weight is 423 g/mol. The van der Waals surface area contributed by atoms with Gasteiger partial charge in [0.15, 0.2) is 18.1 Å². The number of para-hydroxylation sites is 4. The van der Waals surface area contributed by atoms with Crippen LogP contribution >= 0.6 is 0 Å². The summed E-state index contributed by atoms with van der Waals surface area (Å²) in [6.45, 7) is -0.262. The number of carbonyl (C=O) groups is 2. The Bertz CT molecular complexity index is 1320. The number of aromatic nitrogens is 2. The summed E-state index contributed by atoms with van der Waals surface area (Å²) in [5.41, 5.74) is 2.20. The second kappa shape index (κ2) is 8.31. The highest BCUT2D eigenvalue weighted by molar-refractivity contribution is 6.08. The quantitative estimate of drug-likeness (QED) is 0.392. The van der Waals surface area contributed by atoms with E-state index in [2.05, 4.69) is 15.3 Å². The number of Topliss-reactive ketones (excluding diaryl/α,β-unsaturated/α-hetero) is 1. The summed E-state index contributed by atoms with van der Waals surface area (Å²) >= 11 is 0. The zero-order chi connectivity index (χ0) is 21.9. The number of nitrogens with zero attached hydrogens (tertiary/aromatic N) is 2. The predicted molar refractivity (Wildman–Crippen MR) is 118 cm³/mol. The van der Waals surface area contributed by atoms with Gasteiger partial charge in [0.05, 0.1) is 22.5 Å². The van der Waals surface area contributed by atoms with Gasteiger partial charge in [-0.2, -0.15) is 0 Å². The first-order valence-electron chi connectivity index (χ1n) is 9.94. The van der Waals surface area contributed by atoms with E-state index in [-0.39, 0.29) is 35.3 Å². The third-order valence-corrected chi connectivity index (χ3v) is 4.94. The Balaban J connectivity index is 1.37. The van der Waals surface area contributed by atoms with Crippen LogP contribution in [0.3, 0.4) is 0 Å². The van der Waals surface area contributed by atoms with Crippen LogP contribution in [-0.2, 0) is 0 Å². The van der Waals surface area contributed by atoms with E-state index in [1.54, 1.807) is 42.5 Å². The van der Waals surface area contributed by atoms with Crippen LogP contribution in [0, 0.1) is 0 Å². The molecular formula is C25H17N3O4. The van der Waals surface area contributed by atoms with Crippen molar-refractivity contribution in [2.24, 2.45) is 0 Å². The first-order chi connectivity index (χ1) is 15.7. The molecule has 1 aliphatic rings. The minimum Gasteiger partial charge on any atom is -0.485 e. The standard InChI is InChI=1S/C25H17N3O4/c29-20(16-8-5-10-19-24(16)32-22-12-4-2-9-18(22)28-19)15-31-21-11-3-1-7-17(21)23(30)25-26-13-6-14-27-25/h1-14,28H,15H2. The van der Waals surface area contributed by atoms with Crippen molar-refractivity contribution in [3.05, 3.63) is 102 Å². The second-order valence-corrected chi connectivity index (χ2v) is 7.02. The molecule has 0 fully saturated rings. The molecule has 32 heavy (non-hydrogen) atoms. The molecule has 0 radical (unpaired) electrons. The summed E-state index contributed by atoms with van der Waals surface area (Å²) in [7, 11) is 0. The van der Waals surface area contributed by atoms with E-state index in [0.29, 0.717) is 22.7 Å². The fourth-order valence-corrected chi connectivity index (χ4v) is 3.42. The highest BCUT2D eigenvalue weighted by Crippen LogP contribution is 2.43. The first-order valence-corrected chi connectivity index (χ1v) is 9.94. The van der Waals surface area contributed by atoms with Crippen molar-refractivity contribution in [2.45, 2.75) is 0 Å². The zero-order valence-corrected chi connectivity index (χ0v) is 16.8. The number of ether oxygens (including phenoxy) is 2. The van der Waals surface area contributed by atoms with Crippen LogP contribution in [-0.4, -0.2) is 28.1 Å². The number of carbonyl (C=O) groups excluding carboxylic acids is 2. The third kappa shape index (κ3) is 3.67. The highest BCUT2D eigenvalue weighted by atomic mass is 16.5. The summed E-state index contributed by atoms with van der Waals surface area (Å²) in [5, 5.41) is 3.28. The van der Waals surface area contributed by atoms with E-state index >= 15 is 0 Å². The molecule has 7 heteroatoms. The van der Waals surface area contributed by atoms with Gasteiger partial charge in [-0.25, -0.2) is 9.97 Å². The molecule has 0 aliphatic carbocycles. The van der Waals surface area contributed by atoms with Crippen LogP contribution in [0.5, 0.6) is 17.2 Å². The molecular weight excluding hydrogens is 406 g/mol. The molecule has 4 aromatic rings. The number of hydrogen-bond acceptors (Lipinski definition) is 7. The van der Waals surface area contributed by atoms with Gasteiger partial charge in [0.2, 0.25) is 17.4 Å². The van der Waals surface area contributed by atoms with E-state index in [1.165, 1.54) is 12.4 Å². The monoisotopic (exact) mass is 423 g/mol. The van der Waals surface area contributed by atoms with Crippen molar-refractivity contribution in [3.8, 4) is 17.2 Å². The van der Waals surface area contributed by atoms with E-state index < -0.39 is 0 Å². The number of ketones is 2. The number of nitrogens with one attached hydrogen (secondary N) is 1. The Morgan fingerprint density at radius 3 is 2.41 bits per heavy atom. The molecule has 3 aromatic carbocycles. The molecule has 1 aromatic heterocycles. The molecule has 0 unspecified atom stereocenters. The molecule has 1 N–H and O–H groups in total. The second-order valence-electron chi connectivity index (χ2n) is 7.02. The Morgan fingerprint density at radius 1 is 0.812 bits per heavy atom. The van der Waals surface area contributed by atoms with E-state index in [1.807, 2.05) is 30.3 Å². The van der Waals surface area contributed by atoms with Gasteiger partial charge in [0, 0.05) is 12.4 Å². The summed E-state index contributed by atoms with van der Waals surface area (Å²) in [4.78, 5) is 33.8. The maximum absolute atomic E-state index is 13.0. The third-order valence-electron chi connectivity index (χ3n) is 4.94. The molecule has 1 aliphatic heterocycles. The highest BCUT2D eigenvalue weighted by Gasteiger charge is 2.23. The van der Waals surface area contributed by atoms with Crippen molar-refractivity contribution >= 4 is 22.9 Å². The van der Waals surface area contributed by atoms with Gasteiger partial charge < -0.3 is 14.8 Å². The van der Waals surface area contributed by atoms with Gasteiger partial charge in [-0.3, -0.25) is 9.59 Å². The lowest BCUT2D eigenvalue weighted by Crippen LogP contribution is -2.16. The van der Waals surface area contributed by atoms with Crippen LogP contribution < -0.4 is 14.8 Å². The Hall–Kier alpha value is -4.52. The molecule has 0 saturated heterocycles. The normalized spacial score (nSPS) is 11.4. The average Bonchev–Trinajstić information content (AvgIpc) is 2.86. The summed E-state index contributed by atoms with van der Waals surface area (Å²) in [6.07, 6.45) is 3.00. The van der Waals surface area contributed by atoms with Crippen LogP contribution in [0.4, 0.5) is 11.4 Å². The Kier molecular flexibility index (Phi) is 5.05. The molecule has 0 bridgehead atoms. The number of hydrogen-bond donors (Lipinski definition) is 1. The Labute approximate surface area is 183 Å². The number of anilines is 2. The van der Waals surface area contributed by atoms with E-state index in [4.69, 9.17) is 9.47 Å². The van der Waals surface area contributed by atoms with Crippen LogP contribution in [0.25, 0.3) is 0 Å². The minimum absolute atomic E-state index is 0.0603. The van der Waals surface area contributed by atoms with Gasteiger partial charge >= 0.3 is 0 Å². The zero-order valence-electron chi connectivity index (χ0n) is 16.8. The minimum atomic E-state index is -0.380. The van der Waals surface area contributed by atoms with Gasteiger partial charge in [0.1, 0.15) is 5.75 Å². The van der Waals surface area contributed by atoms with Crippen LogP contribution in [0.1, 0.15) is 26.5 Å². The smallest absolute Gasteiger partial charge is 0.233 e. The largest absolute Gasteiger partial charge is 0.485 e. The summed E-state index contributed by atoms with van der Waals surface area (Å²) < 4.78 is 11.7. The van der Waals surface area contributed by atoms with Crippen LogP contribution in [0.2, 0.25) is 0 Å². The molecule has 156 valence electrons. The predicted octanol–water partition coefficient (Wildman–Crippen LogP) is 4.82. The van der Waals surface area contributed by atoms with Crippen molar-refractivity contribution in [1.82, 2.24) is 9.97 Å². The van der Waals surface area contributed by atoms with Crippen molar-refractivity contribution in [1.29, 1.82) is 0 Å². The summed E-state index contributed by atoms with van der Waals surface area (Å²) in [5.74, 6) is 0.774. The van der Waals surface area contributed by atoms with Crippen molar-refractivity contribution in [2.75, 3.05) is 11.9 Å². The molecule has 7 nitrogen and oxygen atoms in total. The Morgan fingerprint density at radius 2 is 1.53 bits per heavy atom. The fraction of sp³-hybridized carbons (Fsp3) is 0.0400. The van der Waals surface area contributed by atoms with Gasteiger partial charge in [-0.05, 0) is 42.5 Å². The van der Waals surface area contributed by atoms with Crippen molar-refractivity contribution in [3.63, 3.8) is 0 Å². The lowest BCUT2D eigenvalue weighted by atomic mass is 10.1. The van der Waals surface area contributed by atoms with Crippen LogP contribution in [0.15, 0.2) is 85.2 Å². The van der Waals surface area contributed by atoms with Gasteiger partial charge in [-0.15, -0.1) is 0 Å². The molecule has 5 rings (SSSR count). The lowest BCUT2D eigenvalue weighted by molar-refractivity contribution is 0.0912. The first kappa shape index (κ1) is 19.4. The van der Waals surface area contributed by atoms with E-state index in [0.717, 1.165) is 5.69 Å². The lowest BCUT2D eigenvalue weighted by Gasteiger charge is -2.23. The molecule has 0 amide bonds. The number of rotatable bonds is 6. The van der Waals surface area contributed by atoms with Gasteiger partial charge in [0.25, 0.3) is 0 Å². The molecule has 0 atom stereocenters. The molecule has 0 spiro atoms. The number of benzene rings is 3. The SMILES string of the molecule is O=C(c1ncccn1)c1ccccc1OCC(=O)c1cccc2c1Oc1ccccc1N2. The summed E-state index contributed by atoms with van der Waals surface area (Å²) in [6, 6.07) is 21.2. The van der Waals surface area contributed by atoms with Crippen molar-refractivity contribution < 1.29 is 19.1 Å². The topological polar surface area (TPSA) is 90.4 Å². The van der Waals surface area contributed by atoms with E-state index in [9.17, 15) is 9.59 Å². The molecule has 2 heterocycles.